The van der Waals surface area contributed by atoms with Gasteiger partial charge in [-0.15, -0.1) is 0 Å². The molecule has 1 aliphatic heterocycles. The standard InChI is InChI=1S/C24H31N3O3/c1-3-26(17-19-12-14-25-15-13-19)21-5-4-16-27(18-21)24(29)11-10-23(28)20-6-8-22(30-2)9-7-20/h6-9,12-15,21H,3-5,10-11,16-18H2,1-2H3/t21-/m1/s1. The molecule has 160 valence electrons. The molecule has 0 radical (unpaired) electrons. The van der Waals surface area contributed by atoms with Gasteiger partial charge in [-0.3, -0.25) is 19.5 Å². The van der Waals surface area contributed by atoms with Crippen molar-refractivity contribution in [1.29, 1.82) is 0 Å². The van der Waals surface area contributed by atoms with Gasteiger partial charge in [0, 0.05) is 56.5 Å². The van der Waals surface area contributed by atoms with E-state index >= 15 is 0 Å². The molecule has 1 fully saturated rings. The molecule has 1 aromatic carbocycles. The maximum absolute atomic E-state index is 12.8. The topological polar surface area (TPSA) is 62.7 Å². The molecule has 0 aliphatic carbocycles. The van der Waals surface area contributed by atoms with Crippen molar-refractivity contribution in [3.8, 4) is 5.75 Å². The highest BCUT2D eigenvalue weighted by molar-refractivity contribution is 5.98. The van der Waals surface area contributed by atoms with Gasteiger partial charge in [0.05, 0.1) is 7.11 Å². The zero-order chi connectivity index (χ0) is 21.3. The number of carbonyl (C=O) groups is 2. The van der Waals surface area contributed by atoms with Crippen LogP contribution in [0.2, 0.25) is 0 Å². The van der Waals surface area contributed by atoms with Gasteiger partial charge in [-0.2, -0.15) is 0 Å². The quantitative estimate of drug-likeness (QED) is 0.593. The number of amides is 1. The Morgan fingerprint density at radius 2 is 1.87 bits per heavy atom. The number of aromatic nitrogens is 1. The fourth-order valence-electron chi connectivity index (χ4n) is 4.00. The molecule has 1 atom stereocenters. The summed E-state index contributed by atoms with van der Waals surface area (Å²) in [4.78, 5) is 33.7. The molecule has 1 saturated heterocycles. The molecule has 6 heteroatoms. The Morgan fingerprint density at radius 3 is 2.53 bits per heavy atom. The molecule has 2 aromatic rings. The second-order valence-corrected chi connectivity index (χ2v) is 7.71. The predicted molar refractivity (Wildman–Crippen MR) is 116 cm³/mol. The number of pyridine rings is 1. The summed E-state index contributed by atoms with van der Waals surface area (Å²) in [5, 5.41) is 0. The van der Waals surface area contributed by atoms with E-state index in [1.807, 2.05) is 29.4 Å². The van der Waals surface area contributed by atoms with Crippen LogP contribution in [0.25, 0.3) is 0 Å². The van der Waals surface area contributed by atoms with Crippen molar-refractivity contribution in [3.63, 3.8) is 0 Å². The van der Waals surface area contributed by atoms with Gasteiger partial charge >= 0.3 is 0 Å². The van der Waals surface area contributed by atoms with Crippen LogP contribution < -0.4 is 4.74 Å². The number of Topliss-reactive ketones (excluding diaryl/α,β-unsaturated/α-hetero) is 1. The Morgan fingerprint density at radius 1 is 1.13 bits per heavy atom. The van der Waals surface area contributed by atoms with E-state index in [2.05, 4.69) is 16.8 Å². The van der Waals surface area contributed by atoms with Crippen LogP contribution in [0.15, 0.2) is 48.8 Å². The molecule has 1 amide bonds. The van der Waals surface area contributed by atoms with E-state index < -0.39 is 0 Å². The second-order valence-electron chi connectivity index (χ2n) is 7.71. The maximum atomic E-state index is 12.8. The first kappa shape index (κ1) is 22.0. The molecule has 30 heavy (non-hydrogen) atoms. The molecule has 0 N–H and O–H groups in total. The SMILES string of the molecule is CCN(Cc1ccncc1)[C@@H]1CCCN(C(=O)CCC(=O)c2ccc(OC)cc2)C1. The van der Waals surface area contributed by atoms with E-state index in [-0.39, 0.29) is 24.5 Å². The fourth-order valence-corrected chi connectivity index (χ4v) is 4.00. The third-order valence-corrected chi connectivity index (χ3v) is 5.78. The van der Waals surface area contributed by atoms with Crippen molar-refractivity contribution in [2.45, 2.75) is 45.2 Å². The van der Waals surface area contributed by atoms with E-state index in [9.17, 15) is 9.59 Å². The minimum atomic E-state index is -0.00701. The number of hydrogen-bond acceptors (Lipinski definition) is 5. The Balaban J connectivity index is 1.52. The summed E-state index contributed by atoms with van der Waals surface area (Å²) in [7, 11) is 1.60. The zero-order valence-electron chi connectivity index (χ0n) is 17.9. The normalized spacial score (nSPS) is 16.5. The fraction of sp³-hybridized carbons (Fsp3) is 0.458. The van der Waals surface area contributed by atoms with Gasteiger partial charge < -0.3 is 9.64 Å². The van der Waals surface area contributed by atoms with Crippen LogP contribution >= 0.6 is 0 Å². The van der Waals surface area contributed by atoms with E-state index in [0.717, 1.165) is 39.0 Å². The van der Waals surface area contributed by atoms with Crippen molar-refractivity contribution >= 4 is 11.7 Å². The predicted octanol–water partition coefficient (Wildman–Crippen LogP) is 3.57. The highest BCUT2D eigenvalue weighted by Crippen LogP contribution is 2.20. The number of rotatable bonds is 9. The number of likely N-dealkylation sites (tertiary alicyclic amines) is 1. The van der Waals surface area contributed by atoms with Crippen molar-refractivity contribution < 1.29 is 14.3 Å². The lowest BCUT2D eigenvalue weighted by molar-refractivity contribution is -0.133. The number of hydrogen-bond donors (Lipinski definition) is 0. The van der Waals surface area contributed by atoms with Gasteiger partial charge in [0.2, 0.25) is 5.91 Å². The van der Waals surface area contributed by atoms with Crippen LogP contribution in [0.3, 0.4) is 0 Å². The van der Waals surface area contributed by atoms with Crippen molar-refractivity contribution in [1.82, 2.24) is 14.8 Å². The Hall–Kier alpha value is -2.73. The number of methoxy groups -OCH3 is 1. The summed E-state index contributed by atoms with van der Waals surface area (Å²) >= 11 is 0. The summed E-state index contributed by atoms with van der Waals surface area (Å²) in [5.74, 6) is 0.781. The minimum absolute atomic E-state index is 0.00701. The molecule has 1 aromatic heterocycles. The number of ketones is 1. The molecular weight excluding hydrogens is 378 g/mol. The van der Waals surface area contributed by atoms with E-state index in [1.54, 1.807) is 31.4 Å². The third kappa shape index (κ3) is 5.89. The third-order valence-electron chi connectivity index (χ3n) is 5.78. The van der Waals surface area contributed by atoms with Crippen LogP contribution in [-0.4, -0.2) is 59.3 Å². The number of piperidine rings is 1. The molecule has 0 unspecified atom stereocenters. The zero-order valence-corrected chi connectivity index (χ0v) is 17.9. The van der Waals surface area contributed by atoms with E-state index in [1.165, 1.54) is 5.56 Å². The van der Waals surface area contributed by atoms with Gasteiger partial charge in [-0.25, -0.2) is 0 Å². The Kier molecular flexibility index (Phi) is 7.97. The maximum Gasteiger partial charge on any atom is 0.223 e. The molecule has 0 bridgehead atoms. The number of carbonyl (C=O) groups excluding carboxylic acids is 2. The first-order valence-corrected chi connectivity index (χ1v) is 10.7. The Labute approximate surface area is 178 Å². The van der Waals surface area contributed by atoms with Crippen molar-refractivity contribution in [3.05, 3.63) is 59.9 Å². The number of likely N-dealkylation sites (N-methyl/N-ethyl adjacent to an activating group) is 1. The van der Waals surface area contributed by atoms with E-state index in [0.29, 0.717) is 17.4 Å². The molecule has 6 nitrogen and oxygen atoms in total. The molecular formula is C24H31N3O3. The molecule has 0 saturated carbocycles. The first-order valence-electron chi connectivity index (χ1n) is 10.7. The van der Waals surface area contributed by atoms with Gasteiger partial charge in [-0.1, -0.05) is 6.92 Å². The lowest BCUT2D eigenvalue weighted by atomic mass is 10.0. The van der Waals surface area contributed by atoms with Crippen LogP contribution in [0.4, 0.5) is 0 Å². The highest BCUT2D eigenvalue weighted by Gasteiger charge is 2.27. The monoisotopic (exact) mass is 409 g/mol. The summed E-state index contributed by atoms with van der Waals surface area (Å²) < 4.78 is 5.12. The first-order chi connectivity index (χ1) is 14.6. The summed E-state index contributed by atoms with van der Waals surface area (Å²) in [5.41, 5.74) is 1.86. The average Bonchev–Trinajstić information content (AvgIpc) is 2.81. The Bertz CT molecular complexity index is 823. The number of benzene rings is 1. The smallest absolute Gasteiger partial charge is 0.223 e. The molecule has 2 heterocycles. The summed E-state index contributed by atoms with van der Waals surface area (Å²) in [6, 6.07) is 11.5. The van der Waals surface area contributed by atoms with Crippen LogP contribution in [-0.2, 0) is 11.3 Å². The van der Waals surface area contributed by atoms with Gasteiger partial charge in [0.25, 0.3) is 0 Å². The van der Waals surface area contributed by atoms with Crippen LogP contribution in [0.1, 0.15) is 48.5 Å². The molecule has 3 rings (SSSR count). The summed E-state index contributed by atoms with van der Waals surface area (Å²) in [6.45, 7) is 5.47. The van der Waals surface area contributed by atoms with Gasteiger partial charge in [0.15, 0.2) is 5.78 Å². The van der Waals surface area contributed by atoms with Crippen LogP contribution in [0, 0.1) is 0 Å². The highest BCUT2D eigenvalue weighted by atomic mass is 16.5. The number of ether oxygens (including phenoxy) is 1. The van der Waals surface area contributed by atoms with Crippen molar-refractivity contribution in [2.24, 2.45) is 0 Å². The molecule has 1 aliphatic rings. The summed E-state index contributed by atoms with van der Waals surface area (Å²) in [6.07, 6.45) is 6.22. The number of nitrogens with zero attached hydrogens (tertiary/aromatic N) is 3. The average molecular weight is 410 g/mol. The lowest BCUT2D eigenvalue weighted by Gasteiger charge is -2.39. The second kappa shape index (κ2) is 10.9. The lowest BCUT2D eigenvalue weighted by Crippen LogP contribution is -2.49. The van der Waals surface area contributed by atoms with Gasteiger partial charge in [0.1, 0.15) is 5.75 Å². The van der Waals surface area contributed by atoms with E-state index in [4.69, 9.17) is 4.74 Å². The molecule has 0 spiro atoms. The van der Waals surface area contributed by atoms with Crippen LogP contribution in [0.5, 0.6) is 5.75 Å². The largest absolute Gasteiger partial charge is 0.497 e. The van der Waals surface area contributed by atoms with Gasteiger partial charge in [-0.05, 0) is 61.3 Å². The van der Waals surface area contributed by atoms with Crippen molar-refractivity contribution in [2.75, 3.05) is 26.7 Å². The minimum Gasteiger partial charge on any atom is -0.497 e.